The second-order valence-electron chi connectivity index (χ2n) is 5.28. The number of hydrogen-bond acceptors (Lipinski definition) is 3. The van der Waals surface area contributed by atoms with Crippen LogP contribution in [0.25, 0.3) is 0 Å². The monoisotopic (exact) mass is 423 g/mol. The highest BCUT2D eigenvalue weighted by Gasteiger charge is 2.43. The molecule has 110 valence electrons. The van der Waals surface area contributed by atoms with Crippen LogP contribution in [0.3, 0.4) is 0 Å². The molecule has 1 aliphatic rings. The van der Waals surface area contributed by atoms with Gasteiger partial charge in [0.2, 0.25) is 0 Å². The van der Waals surface area contributed by atoms with Crippen LogP contribution < -0.4 is 5.32 Å². The summed E-state index contributed by atoms with van der Waals surface area (Å²) in [5.74, 6) is -0.976. The van der Waals surface area contributed by atoms with E-state index in [-0.39, 0.29) is 5.91 Å². The zero-order chi connectivity index (χ0) is 14.9. The Morgan fingerprint density at radius 3 is 2.70 bits per heavy atom. The van der Waals surface area contributed by atoms with E-state index >= 15 is 0 Å². The van der Waals surface area contributed by atoms with E-state index in [1.807, 2.05) is 6.92 Å². The molecule has 1 aromatic rings. The quantitative estimate of drug-likeness (QED) is 0.769. The van der Waals surface area contributed by atoms with Crippen LogP contribution in [0.15, 0.2) is 13.6 Å². The largest absolute Gasteiger partial charge is 0.480 e. The summed E-state index contributed by atoms with van der Waals surface area (Å²) in [6, 6.07) is 1.70. The molecule has 20 heavy (non-hydrogen) atoms. The van der Waals surface area contributed by atoms with Gasteiger partial charge in [0, 0.05) is 0 Å². The molecule has 1 heterocycles. The second-order valence-corrected chi connectivity index (χ2v) is 9.03. The van der Waals surface area contributed by atoms with Gasteiger partial charge in [0.05, 0.1) is 13.1 Å². The predicted octanol–water partition coefficient (Wildman–Crippen LogP) is 4.04. The zero-order valence-electron chi connectivity index (χ0n) is 10.9. The Bertz CT molecular complexity index is 546. The van der Waals surface area contributed by atoms with Crippen molar-refractivity contribution in [1.29, 1.82) is 0 Å². The fraction of sp³-hybridized carbons (Fsp3) is 0.538. The summed E-state index contributed by atoms with van der Waals surface area (Å²) in [4.78, 5) is 24.0. The number of carbonyl (C=O) groups excluding carboxylic acids is 1. The van der Waals surface area contributed by atoms with E-state index in [0.717, 1.165) is 16.6 Å². The fourth-order valence-corrected chi connectivity index (χ4v) is 5.49. The Balaban J connectivity index is 2.22. The lowest BCUT2D eigenvalue weighted by molar-refractivity contribution is -0.146. The molecule has 1 saturated carbocycles. The van der Waals surface area contributed by atoms with Crippen LogP contribution in [-0.2, 0) is 4.79 Å². The van der Waals surface area contributed by atoms with Crippen molar-refractivity contribution in [2.75, 3.05) is 0 Å². The van der Waals surface area contributed by atoms with Crippen molar-refractivity contribution in [3.8, 4) is 0 Å². The number of nitrogens with one attached hydrogen (secondary N) is 1. The molecule has 0 saturated heterocycles. The molecule has 2 N–H and O–H groups in total. The Morgan fingerprint density at radius 1 is 1.50 bits per heavy atom. The first-order chi connectivity index (χ1) is 9.34. The molecule has 1 aliphatic carbocycles. The van der Waals surface area contributed by atoms with Crippen LogP contribution in [0.2, 0.25) is 0 Å². The minimum atomic E-state index is -1.14. The standard InChI is InChI=1S/C13H15Br2NO3S/c1-7-3-2-4-13(6-7,12(18)19)16-11(17)8-5-9(14)20-10(8)15/h5,7H,2-4,6H2,1H3,(H,16,17)(H,18,19). The Hall–Kier alpha value is -0.400. The maximum Gasteiger partial charge on any atom is 0.329 e. The minimum Gasteiger partial charge on any atom is -0.480 e. The molecule has 0 radical (unpaired) electrons. The average Bonchev–Trinajstić information content (AvgIpc) is 2.68. The normalized spacial score (nSPS) is 26.2. The van der Waals surface area contributed by atoms with Gasteiger partial charge < -0.3 is 10.4 Å². The van der Waals surface area contributed by atoms with Gasteiger partial charge in [-0.25, -0.2) is 4.79 Å². The Kier molecular flexibility index (Phi) is 4.92. The molecule has 2 rings (SSSR count). The smallest absolute Gasteiger partial charge is 0.329 e. The van der Waals surface area contributed by atoms with Crippen molar-refractivity contribution in [3.63, 3.8) is 0 Å². The van der Waals surface area contributed by atoms with Gasteiger partial charge in [0.1, 0.15) is 5.54 Å². The third-order valence-corrected chi connectivity index (χ3v) is 6.00. The molecule has 1 amide bonds. The van der Waals surface area contributed by atoms with Crippen LogP contribution in [-0.4, -0.2) is 22.5 Å². The lowest BCUT2D eigenvalue weighted by atomic mass is 9.76. The van der Waals surface area contributed by atoms with E-state index in [1.54, 1.807) is 6.07 Å². The summed E-state index contributed by atoms with van der Waals surface area (Å²) in [5, 5.41) is 12.3. The molecule has 2 unspecified atom stereocenters. The van der Waals surface area contributed by atoms with Gasteiger partial charge in [-0.05, 0) is 56.7 Å². The topological polar surface area (TPSA) is 66.4 Å². The second kappa shape index (κ2) is 6.15. The average molecular weight is 425 g/mol. The van der Waals surface area contributed by atoms with Crippen LogP contribution in [0.4, 0.5) is 0 Å². The molecule has 0 bridgehead atoms. The maximum atomic E-state index is 12.3. The molecule has 4 nitrogen and oxygen atoms in total. The number of halogens is 2. The maximum absolute atomic E-state index is 12.3. The Morgan fingerprint density at radius 2 is 2.20 bits per heavy atom. The van der Waals surface area contributed by atoms with Crippen molar-refractivity contribution in [2.24, 2.45) is 5.92 Å². The SMILES string of the molecule is CC1CCCC(NC(=O)c2cc(Br)sc2Br)(C(=O)O)C1. The van der Waals surface area contributed by atoms with Gasteiger partial charge in [-0.2, -0.15) is 0 Å². The van der Waals surface area contributed by atoms with Gasteiger partial charge in [-0.3, -0.25) is 4.79 Å². The van der Waals surface area contributed by atoms with E-state index in [1.165, 1.54) is 11.3 Å². The van der Waals surface area contributed by atoms with Crippen LogP contribution in [0.1, 0.15) is 43.0 Å². The number of amides is 1. The third kappa shape index (κ3) is 3.26. The van der Waals surface area contributed by atoms with Crippen LogP contribution in [0, 0.1) is 5.92 Å². The molecular weight excluding hydrogens is 410 g/mol. The number of carboxylic acid groups (broad SMARTS) is 1. The van der Waals surface area contributed by atoms with E-state index in [0.29, 0.717) is 28.1 Å². The highest BCUT2D eigenvalue weighted by Crippen LogP contribution is 2.35. The summed E-state index contributed by atoms with van der Waals surface area (Å²) in [7, 11) is 0. The van der Waals surface area contributed by atoms with Crippen LogP contribution >= 0.6 is 43.2 Å². The highest BCUT2D eigenvalue weighted by atomic mass is 79.9. The summed E-state index contributed by atoms with van der Waals surface area (Å²) in [6.45, 7) is 2.03. The lowest BCUT2D eigenvalue weighted by Gasteiger charge is -2.37. The van der Waals surface area contributed by atoms with Crippen molar-refractivity contribution in [2.45, 2.75) is 38.1 Å². The fourth-order valence-electron chi connectivity index (χ4n) is 2.69. The van der Waals surface area contributed by atoms with Crippen molar-refractivity contribution >= 4 is 55.1 Å². The summed E-state index contributed by atoms with van der Waals surface area (Å²) in [5.41, 5.74) is -0.663. The first kappa shape index (κ1) is 16.0. The first-order valence-electron chi connectivity index (χ1n) is 6.35. The summed E-state index contributed by atoms with van der Waals surface area (Å²) >= 11 is 8.04. The molecule has 0 spiro atoms. The molecule has 1 aromatic heterocycles. The zero-order valence-corrected chi connectivity index (χ0v) is 14.9. The number of carbonyl (C=O) groups is 2. The van der Waals surface area contributed by atoms with E-state index in [9.17, 15) is 14.7 Å². The van der Waals surface area contributed by atoms with Crippen molar-refractivity contribution in [1.82, 2.24) is 5.32 Å². The summed E-state index contributed by atoms with van der Waals surface area (Å²) < 4.78 is 1.53. The van der Waals surface area contributed by atoms with Gasteiger partial charge in [-0.1, -0.05) is 19.8 Å². The van der Waals surface area contributed by atoms with Gasteiger partial charge in [0.25, 0.3) is 5.91 Å². The highest BCUT2D eigenvalue weighted by molar-refractivity contribution is 9.12. The van der Waals surface area contributed by atoms with E-state index < -0.39 is 11.5 Å². The van der Waals surface area contributed by atoms with Gasteiger partial charge in [-0.15, -0.1) is 11.3 Å². The number of thiophene rings is 1. The van der Waals surface area contributed by atoms with Crippen molar-refractivity contribution < 1.29 is 14.7 Å². The molecule has 7 heteroatoms. The number of aliphatic carboxylic acids is 1. The van der Waals surface area contributed by atoms with E-state index in [4.69, 9.17) is 0 Å². The Labute approximate surface area is 138 Å². The van der Waals surface area contributed by atoms with Gasteiger partial charge >= 0.3 is 5.97 Å². The molecule has 0 aliphatic heterocycles. The lowest BCUT2D eigenvalue weighted by Crippen LogP contribution is -2.56. The van der Waals surface area contributed by atoms with Gasteiger partial charge in [0.15, 0.2) is 0 Å². The number of hydrogen-bond donors (Lipinski definition) is 2. The number of rotatable bonds is 3. The summed E-state index contributed by atoms with van der Waals surface area (Å²) in [6.07, 6.45) is 2.80. The third-order valence-electron chi connectivity index (χ3n) is 3.66. The van der Waals surface area contributed by atoms with E-state index in [2.05, 4.69) is 37.2 Å². The molecule has 1 fully saturated rings. The number of carboxylic acids is 1. The molecular formula is C13H15Br2NO3S. The van der Waals surface area contributed by atoms with Crippen molar-refractivity contribution in [3.05, 3.63) is 19.2 Å². The predicted molar refractivity (Wildman–Crippen MR) is 85.2 cm³/mol. The van der Waals surface area contributed by atoms with Crippen LogP contribution in [0.5, 0.6) is 0 Å². The first-order valence-corrected chi connectivity index (χ1v) is 8.75. The molecule has 0 aromatic carbocycles. The molecule has 2 atom stereocenters. The minimum absolute atomic E-state index is 0.304.